The number of aliphatic hydroxyl groups is 1. The van der Waals surface area contributed by atoms with Crippen molar-refractivity contribution in [2.75, 3.05) is 39.6 Å². The molecule has 0 rings (SSSR count). The van der Waals surface area contributed by atoms with Gasteiger partial charge in [-0.1, -0.05) is 466 Å². The van der Waals surface area contributed by atoms with E-state index in [1.165, 1.54) is 321 Å². The van der Waals surface area contributed by atoms with Crippen LogP contribution in [0.5, 0.6) is 0 Å². The van der Waals surface area contributed by atoms with E-state index in [0.29, 0.717) is 25.7 Å². The van der Waals surface area contributed by atoms with Crippen LogP contribution in [0.25, 0.3) is 0 Å². The lowest BCUT2D eigenvalue weighted by atomic mass is 9.99. The van der Waals surface area contributed by atoms with E-state index in [0.717, 1.165) is 114 Å². The molecule has 8 atom stereocenters. The van der Waals surface area contributed by atoms with Crippen molar-refractivity contribution in [3.05, 3.63) is 0 Å². The second kappa shape index (κ2) is 85.6. The first kappa shape index (κ1) is 113. The van der Waals surface area contributed by atoms with Crippen molar-refractivity contribution in [3.8, 4) is 0 Å². The van der Waals surface area contributed by atoms with Crippen LogP contribution < -0.4 is 0 Å². The Hall–Kier alpha value is -1.94. The van der Waals surface area contributed by atoms with E-state index in [1.54, 1.807) is 0 Å². The maximum Gasteiger partial charge on any atom is 0.472 e. The number of carbonyl (C=O) groups is 4. The zero-order chi connectivity index (χ0) is 84.3. The fourth-order valence-electron chi connectivity index (χ4n) is 15.0. The van der Waals surface area contributed by atoms with Gasteiger partial charge in [-0.2, -0.15) is 0 Å². The summed E-state index contributed by atoms with van der Waals surface area (Å²) in [6, 6.07) is 0. The number of aliphatic hydroxyl groups excluding tert-OH is 1. The van der Waals surface area contributed by atoms with Gasteiger partial charge in [-0.15, -0.1) is 0 Å². The molecule has 0 aromatic rings. The van der Waals surface area contributed by atoms with Crippen LogP contribution in [0.4, 0.5) is 0 Å². The van der Waals surface area contributed by atoms with Crippen LogP contribution in [0.3, 0.4) is 0 Å². The minimum atomic E-state index is -4.97. The smallest absolute Gasteiger partial charge is 0.462 e. The summed E-state index contributed by atoms with van der Waals surface area (Å²) in [5.74, 6) is 0.380. The molecule has 115 heavy (non-hydrogen) atoms. The summed E-state index contributed by atoms with van der Waals surface area (Å²) < 4.78 is 69.2. The van der Waals surface area contributed by atoms with E-state index in [4.69, 9.17) is 37.0 Å². The van der Waals surface area contributed by atoms with Crippen LogP contribution in [0.15, 0.2) is 0 Å². The number of ether oxygens (including phenoxy) is 4. The van der Waals surface area contributed by atoms with Crippen molar-refractivity contribution in [2.45, 2.75) is 535 Å². The summed E-state index contributed by atoms with van der Waals surface area (Å²) in [7, 11) is -9.94. The third-order valence-corrected chi connectivity index (χ3v) is 25.6. The largest absolute Gasteiger partial charge is 0.472 e. The molecule has 0 aromatic heterocycles. The Balaban J connectivity index is 5.21. The highest BCUT2D eigenvalue weighted by molar-refractivity contribution is 7.47. The topological polar surface area (TPSA) is 237 Å². The van der Waals surface area contributed by atoms with Crippen LogP contribution in [-0.4, -0.2) is 96.7 Å². The number of unbranched alkanes of at least 4 members (excludes halogenated alkanes) is 59. The maximum atomic E-state index is 13.2. The Bertz CT molecular complexity index is 2210. The molecule has 0 aliphatic carbocycles. The highest BCUT2D eigenvalue weighted by Crippen LogP contribution is 2.45. The molecule has 0 amide bonds. The summed E-state index contributed by atoms with van der Waals surface area (Å²) >= 11 is 0. The van der Waals surface area contributed by atoms with E-state index in [2.05, 4.69) is 48.5 Å². The Morgan fingerprint density at radius 3 is 0.617 bits per heavy atom. The van der Waals surface area contributed by atoms with Crippen molar-refractivity contribution in [3.63, 3.8) is 0 Å². The average molecular weight is 1680 g/mol. The van der Waals surface area contributed by atoms with E-state index >= 15 is 0 Å². The van der Waals surface area contributed by atoms with Crippen molar-refractivity contribution < 1.29 is 80.2 Å². The first-order valence-electron chi connectivity index (χ1n) is 49.5. The first-order chi connectivity index (χ1) is 55.8. The lowest BCUT2D eigenvalue weighted by molar-refractivity contribution is -0.161. The number of hydrogen-bond donors (Lipinski definition) is 3. The number of phosphoric ester groups is 2. The lowest BCUT2D eigenvalue weighted by Gasteiger charge is -2.21. The zero-order valence-corrected chi connectivity index (χ0v) is 78.1. The van der Waals surface area contributed by atoms with E-state index in [1.807, 2.05) is 0 Å². The van der Waals surface area contributed by atoms with Crippen molar-refractivity contribution in [1.82, 2.24) is 0 Å². The fourth-order valence-corrected chi connectivity index (χ4v) is 16.6. The van der Waals surface area contributed by atoms with Crippen molar-refractivity contribution >= 4 is 39.5 Å². The molecule has 3 N–H and O–H groups in total. The fraction of sp³-hybridized carbons (Fsp3) is 0.958. The second-order valence-corrected chi connectivity index (χ2v) is 38.1. The molecule has 19 heteroatoms. The standard InChI is InChI=1S/C96H188O17P2/c1-8-12-13-14-15-16-17-18-19-20-21-22-23-31-36-41-46-51-56-66-73-80-96(101)113-92(84-107-94(99)78-71-64-59-58-62-69-76-89(7)11-4)86-111-115(104,105)109-82-90(97)81-108-114(102,103)110-85-91(112-95(100)79-72-65-57-52-47-42-37-32-27-25-29-34-39-44-49-54-61-68-75-88(6)10-3)83-106-93(98)77-70-63-55-50-45-40-35-30-26-24-28-33-38-43-48-53-60-67-74-87(5)9-2/h87-92,97H,8-86H2,1-7H3,(H,102,103)(H,104,105)/t87?,88?,89?,90-,91-,92-/m1/s1. The van der Waals surface area contributed by atoms with E-state index in [-0.39, 0.29) is 25.7 Å². The Labute approximate surface area is 708 Å². The number of hydrogen-bond acceptors (Lipinski definition) is 15. The third kappa shape index (κ3) is 85.4. The molecule has 0 bridgehead atoms. The molecular weight excluding hydrogens is 1490 g/mol. The van der Waals surface area contributed by atoms with Gasteiger partial charge in [-0.25, -0.2) is 9.13 Å². The third-order valence-electron chi connectivity index (χ3n) is 23.7. The predicted molar refractivity (Wildman–Crippen MR) is 478 cm³/mol. The summed E-state index contributed by atoms with van der Waals surface area (Å²) in [6.45, 7) is 12.1. The van der Waals surface area contributed by atoms with Gasteiger partial charge in [0.05, 0.1) is 26.4 Å². The van der Waals surface area contributed by atoms with Crippen LogP contribution in [-0.2, 0) is 65.4 Å². The summed E-state index contributed by atoms with van der Waals surface area (Å²) in [5.41, 5.74) is 0. The maximum absolute atomic E-state index is 13.2. The SMILES string of the molecule is CCCCCCCCCCCCCCCCCCCCCCCC(=O)O[C@H](COC(=O)CCCCCCCCC(C)CC)COP(=O)(O)OC[C@H](O)COP(=O)(O)OC[C@@H](COC(=O)CCCCCCCCCCCCCCCCCCCCC(C)CC)OC(=O)CCCCCCCCCCCCCCCCCCCCC(C)CC. The molecule has 0 aliphatic heterocycles. The molecule has 0 saturated heterocycles. The molecule has 0 aliphatic rings. The lowest BCUT2D eigenvalue weighted by Crippen LogP contribution is -2.30. The average Bonchev–Trinajstić information content (AvgIpc) is 0.895. The molecule has 0 radical (unpaired) electrons. The molecule has 0 aromatic carbocycles. The van der Waals surface area contributed by atoms with Gasteiger partial charge in [0.2, 0.25) is 0 Å². The van der Waals surface area contributed by atoms with Gasteiger partial charge >= 0.3 is 39.5 Å². The van der Waals surface area contributed by atoms with Gasteiger partial charge in [-0.3, -0.25) is 37.3 Å². The van der Waals surface area contributed by atoms with Gasteiger partial charge in [0.15, 0.2) is 12.2 Å². The van der Waals surface area contributed by atoms with Crippen LogP contribution >= 0.6 is 15.6 Å². The molecule has 5 unspecified atom stereocenters. The normalized spacial score (nSPS) is 14.4. The predicted octanol–water partition coefficient (Wildman–Crippen LogP) is 30.0. The molecule has 0 fully saturated rings. The number of phosphoric acid groups is 2. The van der Waals surface area contributed by atoms with Gasteiger partial charge in [0.1, 0.15) is 19.3 Å². The van der Waals surface area contributed by atoms with Crippen LogP contribution in [0, 0.1) is 17.8 Å². The molecular formula is C96H188O17P2. The van der Waals surface area contributed by atoms with Crippen molar-refractivity contribution in [1.29, 1.82) is 0 Å². The first-order valence-corrected chi connectivity index (χ1v) is 52.5. The Morgan fingerprint density at radius 2 is 0.417 bits per heavy atom. The summed E-state index contributed by atoms with van der Waals surface area (Å²) in [6.07, 6.45) is 80.8. The van der Waals surface area contributed by atoms with Gasteiger partial charge in [0.25, 0.3) is 0 Å². The number of esters is 4. The van der Waals surface area contributed by atoms with Gasteiger partial charge in [-0.05, 0) is 43.4 Å². The minimum absolute atomic E-state index is 0.108. The van der Waals surface area contributed by atoms with E-state index < -0.39 is 97.5 Å². The van der Waals surface area contributed by atoms with Crippen molar-refractivity contribution in [2.24, 2.45) is 17.8 Å². The molecule has 0 saturated carbocycles. The quantitative estimate of drug-likeness (QED) is 0.0222. The molecule has 684 valence electrons. The van der Waals surface area contributed by atoms with Gasteiger partial charge in [0, 0.05) is 25.7 Å². The van der Waals surface area contributed by atoms with E-state index in [9.17, 15) is 43.2 Å². The monoisotopic (exact) mass is 1680 g/mol. The summed E-state index contributed by atoms with van der Waals surface area (Å²) in [4.78, 5) is 73.5. The zero-order valence-electron chi connectivity index (χ0n) is 76.3. The number of rotatable bonds is 94. The highest BCUT2D eigenvalue weighted by atomic mass is 31.2. The minimum Gasteiger partial charge on any atom is -0.462 e. The molecule has 17 nitrogen and oxygen atoms in total. The second-order valence-electron chi connectivity index (χ2n) is 35.2. The molecule has 0 spiro atoms. The van der Waals surface area contributed by atoms with Crippen LogP contribution in [0.2, 0.25) is 0 Å². The molecule has 0 heterocycles. The van der Waals surface area contributed by atoms with Crippen LogP contribution in [0.1, 0.15) is 517 Å². The number of carbonyl (C=O) groups excluding carboxylic acids is 4. The highest BCUT2D eigenvalue weighted by Gasteiger charge is 2.31. The van der Waals surface area contributed by atoms with Gasteiger partial charge < -0.3 is 33.8 Å². The summed E-state index contributed by atoms with van der Waals surface area (Å²) in [5, 5.41) is 10.7. The Morgan fingerprint density at radius 1 is 0.243 bits per heavy atom. The Kier molecular flexibility index (Phi) is 84.2.